The highest BCUT2D eigenvalue weighted by atomic mass is 16.1. The highest BCUT2D eigenvalue weighted by molar-refractivity contribution is 5.97. The number of aryl methyl sites for hydroxylation is 2. The fourth-order valence-corrected chi connectivity index (χ4v) is 2.05. The molecule has 1 aromatic carbocycles. The number of anilines is 1. The molecule has 5 heteroatoms. The minimum atomic E-state index is -0.423. The molecule has 0 fully saturated rings. The standard InChI is InChI=1S/C18H18N4O/c1-13-5-6-17(14(2)8-13)21-12-16(9-19)18(23)22-11-15-4-3-7-20-10-15/h3-8,10,12,21H,11H2,1-2H3,(H,22,23)/b16-12-. The van der Waals surface area contributed by atoms with Gasteiger partial charge in [-0.15, -0.1) is 0 Å². The number of hydrogen-bond donors (Lipinski definition) is 2. The summed E-state index contributed by atoms with van der Waals surface area (Å²) in [5, 5.41) is 14.9. The Bertz CT molecular complexity index is 760. The summed E-state index contributed by atoms with van der Waals surface area (Å²) >= 11 is 0. The summed E-state index contributed by atoms with van der Waals surface area (Å²) < 4.78 is 0. The fraction of sp³-hybridized carbons (Fsp3) is 0.167. The van der Waals surface area contributed by atoms with Crippen LogP contribution < -0.4 is 10.6 Å². The molecule has 0 saturated carbocycles. The van der Waals surface area contributed by atoms with E-state index in [4.69, 9.17) is 5.26 Å². The number of nitriles is 1. The van der Waals surface area contributed by atoms with Gasteiger partial charge in [0.1, 0.15) is 11.6 Å². The zero-order valence-electron chi connectivity index (χ0n) is 13.1. The number of hydrogen-bond acceptors (Lipinski definition) is 4. The molecule has 116 valence electrons. The van der Waals surface area contributed by atoms with Crippen LogP contribution in [0, 0.1) is 25.2 Å². The summed E-state index contributed by atoms with van der Waals surface area (Å²) in [7, 11) is 0. The predicted molar refractivity (Wildman–Crippen MR) is 89.3 cm³/mol. The van der Waals surface area contributed by atoms with Crippen LogP contribution in [0.3, 0.4) is 0 Å². The highest BCUT2D eigenvalue weighted by Gasteiger charge is 2.08. The van der Waals surface area contributed by atoms with E-state index in [1.54, 1.807) is 18.5 Å². The molecule has 0 saturated heterocycles. The van der Waals surface area contributed by atoms with E-state index >= 15 is 0 Å². The second kappa shape index (κ2) is 7.76. The average Bonchev–Trinajstić information content (AvgIpc) is 2.56. The van der Waals surface area contributed by atoms with E-state index in [1.165, 1.54) is 6.20 Å². The van der Waals surface area contributed by atoms with Crippen molar-refractivity contribution in [3.63, 3.8) is 0 Å². The minimum Gasteiger partial charge on any atom is -0.360 e. The van der Waals surface area contributed by atoms with Gasteiger partial charge in [0.15, 0.2) is 0 Å². The Hall–Kier alpha value is -3.13. The van der Waals surface area contributed by atoms with E-state index < -0.39 is 5.91 Å². The smallest absolute Gasteiger partial charge is 0.263 e. The fourth-order valence-electron chi connectivity index (χ4n) is 2.05. The SMILES string of the molecule is Cc1ccc(N/C=C(/C#N)C(=O)NCc2cccnc2)c(C)c1. The molecule has 0 atom stereocenters. The second-order valence-corrected chi connectivity index (χ2v) is 5.18. The molecule has 2 aromatic rings. The number of benzene rings is 1. The second-order valence-electron chi connectivity index (χ2n) is 5.18. The van der Waals surface area contributed by atoms with E-state index in [0.29, 0.717) is 6.54 Å². The molecule has 23 heavy (non-hydrogen) atoms. The number of aromatic nitrogens is 1. The van der Waals surface area contributed by atoms with Gasteiger partial charge in [0, 0.05) is 30.8 Å². The third-order valence-electron chi connectivity index (χ3n) is 3.29. The normalized spacial score (nSPS) is 10.7. The molecule has 2 rings (SSSR count). The Morgan fingerprint density at radius 1 is 1.35 bits per heavy atom. The van der Waals surface area contributed by atoms with Gasteiger partial charge < -0.3 is 10.6 Å². The lowest BCUT2D eigenvalue weighted by Crippen LogP contribution is -2.24. The maximum absolute atomic E-state index is 12.0. The van der Waals surface area contributed by atoms with Crippen molar-refractivity contribution >= 4 is 11.6 Å². The summed E-state index contributed by atoms with van der Waals surface area (Å²) in [6.45, 7) is 4.31. The number of nitrogens with zero attached hydrogens (tertiary/aromatic N) is 2. The van der Waals surface area contributed by atoms with Gasteiger partial charge in [0.05, 0.1) is 0 Å². The van der Waals surface area contributed by atoms with Crippen molar-refractivity contribution in [1.29, 1.82) is 5.26 Å². The van der Waals surface area contributed by atoms with Gasteiger partial charge >= 0.3 is 0 Å². The van der Waals surface area contributed by atoms with Crippen molar-refractivity contribution in [3.8, 4) is 6.07 Å². The van der Waals surface area contributed by atoms with Gasteiger partial charge in [-0.05, 0) is 37.1 Å². The summed E-state index contributed by atoms with van der Waals surface area (Å²) in [6.07, 6.45) is 4.76. The number of carbonyl (C=O) groups is 1. The van der Waals surface area contributed by atoms with Gasteiger partial charge in [0.2, 0.25) is 0 Å². The third kappa shape index (κ3) is 4.68. The molecule has 0 radical (unpaired) electrons. The van der Waals surface area contributed by atoms with Gasteiger partial charge in [-0.3, -0.25) is 9.78 Å². The number of rotatable bonds is 5. The maximum Gasteiger partial charge on any atom is 0.263 e. The summed E-state index contributed by atoms with van der Waals surface area (Å²) in [5.41, 5.74) is 3.97. The Kier molecular flexibility index (Phi) is 5.48. The maximum atomic E-state index is 12.0. The molecular formula is C18H18N4O. The largest absolute Gasteiger partial charge is 0.360 e. The van der Waals surface area contributed by atoms with Crippen molar-refractivity contribution in [3.05, 3.63) is 71.2 Å². The van der Waals surface area contributed by atoms with Gasteiger partial charge in [-0.2, -0.15) is 5.26 Å². The van der Waals surface area contributed by atoms with Crippen LogP contribution in [0.25, 0.3) is 0 Å². The van der Waals surface area contributed by atoms with Gasteiger partial charge in [-0.25, -0.2) is 0 Å². The lowest BCUT2D eigenvalue weighted by Gasteiger charge is -2.08. The van der Waals surface area contributed by atoms with Crippen LogP contribution in [-0.4, -0.2) is 10.9 Å². The van der Waals surface area contributed by atoms with Gasteiger partial charge in [-0.1, -0.05) is 23.8 Å². The van der Waals surface area contributed by atoms with E-state index in [2.05, 4.69) is 15.6 Å². The Morgan fingerprint density at radius 3 is 2.83 bits per heavy atom. The topological polar surface area (TPSA) is 77.8 Å². The molecule has 2 N–H and O–H groups in total. The molecule has 1 aromatic heterocycles. The molecule has 0 unspecified atom stereocenters. The first-order valence-electron chi connectivity index (χ1n) is 7.21. The Labute approximate surface area is 135 Å². The first-order valence-corrected chi connectivity index (χ1v) is 7.21. The van der Waals surface area contributed by atoms with Crippen LogP contribution in [0.15, 0.2) is 54.5 Å². The van der Waals surface area contributed by atoms with E-state index in [0.717, 1.165) is 22.4 Å². The number of nitrogens with one attached hydrogen (secondary N) is 2. The monoisotopic (exact) mass is 306 g/mol. The molecule has 0 spiro atoms. The summed E-state index contributed by atoms with van der Waals surface area (Å²) in [5.74, 6) is -0.423. The van der Waals surface area contributed by atoms with Crippen LogP contribution in [0.2, 0.25) is 0 Å². The van der Waals surface area contributed by atoms with E-state index in [1.807, 2.05) is 44.2 Å². The molecule has 5 nitrogen and oxygen atoms in total. The molecule has 1 heterocycles. The van der Waals surface area contributed by atoms with Crippen LogP contribution >= 0.6 is 0 Å². The summed E-state index contributed by atoms with van der Waals surface area (Å²) in [4.78, 5) is 16.0. The van der Waals surface area contributed by atoms with Crippen LogP contribution in [0.4, 0.5) is 5.69 Å². The molecule has 1 amide bonds. The summed E-state index contributed by atoms with van der Waals surface area (Å²) in [6, 6.07) is 11.5. The van der Waals surface area contributed by atoms with E-state index in [-0.39, 0.29) is 5.57 Å². The van der Waals surface area contributed by atoms with Crippen LogP contribution in [-0.2, 0) is 11.3 Å². The number of amides is 1. The first kappa shape index (κ1) is 16.2. The quantitative estimate of drug-likeness (QED) is 0.658. The lowest BCUT2D eigenvalue weighted by atomic mass is 10.1. The lowest BCUT2D eigenvalue weighted by molar-refractivity contribution is -0.117. The van der Waals surface area contributed by atoms with Gasteiger partial charge in [0.25, 0.3) is 5.91 Å². The van der Waals surface area contributed by atoms with Crippen molar-refractivity contribution in [2.75, 3.05) is 5.32 Å². The third-order valence-corrected chi connectivity index (χ3v) is 3.29. The van der Waals surface area contributed by atoms with Crippen LogP contribution in [0.1, 0.15) is 16.7 Å². The number of pyridine rings is 1. The van der Waals surface area contributed by atoms with Crippen molar-refractivity contribution < 1.29 is 4.79 Å². The van der Waals surface area contributed by atoms with E-state index in [9.17, 15) is 4.79 Å². The Balaban J connectivity index is 2.00. The minimum absolute atomic E-state index is 0.0221. The zero-order chi connectivity index (χ0) is 16.7. The van der Waals surface area contributed by atoms with Crippen molar-refractivity contribution in [2.45, 2.75) is 20.4 Å². The van der Waals surface area contributed by atoms with Crippen LogP contribution in [0.5, 0.6) is 0 Å². The molecule has 0 bridgehead atoms. The van der Waals surface area contributed by atoms with Crippen molar-refractivity contribution in [1.82, 2.24) is 10.3 Å². The molecule has 0 aliphatic heterocycles. The molecule has 0 aliphatic rings. The predicted octanol–water partition coefficient (Wildman–Crippen LogP) is 2.83. The number of carbonyl (C=O) groups excluding carboxylic acids is 1. The highest BCUT2D eigenvalue weighted by Crippen LogP contribution is 2.16. The van der Waals surface area contributed by atoms with Crippen molar-refractivity contribution in [2.24, 2.45) is 0 Å². The average molecular weight is 306 g/mol. The molecule has 0 aliphatic carbocycles. The Morgan fingerprint density at radius 2 is 2.17 bits per heavy atom. The zero-order valence-corrected chi connectivity index (χ0v) is 13.1. The molecular weight excluding hydrogens is 288 g/mol. The first-order chi connectivity index (χ1) is 11.1.